The van der Waals surface area contributed by atoms with Gasteiger partial charge >= 0.3 is 0 Å². The molecule has 122 valence electrons. The van der Waals surface area contributed by atoms with Crippen molar-refractivity contribution in [2.45, 2.75) is 31.7 Å². The Hall–Kier alpha value is -1.81. The van der Waals surface area contributed by atoms with Crippen molar-refractivity contribution in [1.82, 2.24) is 5.32 Å². The molecule has 0 saturated carbocycles. The number of hydrogen-bond acceptors (Lipinski definition) is 1. The first-order chi connectivity index (χ1) is 11.1. The summed E-state index contributed by atoms with van der Waals surface area (Å²) in [7, 11) is 0. The van der Waals surface area contributed by atoms with Crippen molar-refractivity contribution in [3.8, 4) is 0 Å². The van der Waals surface area contributed by atoms with E-state index >= 15 is 0 Å². The molecule has 1 saturated heterocycles. The third-order valence-electron chi connectivity index (χ3n) is 4.78. The van der Waals surface area contributed by atoms with Gasteiger partial charge in [0.15, 0.2) is 11.6 Å². The second-order valence-electron chi connectivity index (χ2n) is 6.24. The third-order valence-corrected chi connectivity index (χ3v) is 4.78. The van der Waals surface area contributed by atoms with Gasteiger partial charge in [0.05, 0.1) is 0 Å². The number of benzene rings is 2. The van der Waals surface area contributed by atoms with Crippen molar-refractivity contribution in [2.24, 2.45) is 5.92 Å². The number of rotatable bonds is 4. The maximum Gasteiger partial charge on any atom is 0.162 e. The highest BCUT2D eigenvalue weighted by Crippen LogP contribution is 2.37. The van der Waals surface area contributed by atoms with Crippen molar-refractivity contribution in [2.75, 3.05) is 6.54 Å². The average Bonchev–Trinajstić information content (AvgIpc) is 3.06. The Morgan fingerprint density at radius 2 is 1.87 bits per heavy atom. The van der Waals surface area contributed by atoms with Gasteiger partial charge < -0.3 is 5.32 Å². The lowest BCUT2D eigenvalue weighted by atomic mass is 9.77. The molecule has 0 unspecified atom stereocenters. The normalized spacial score (nSPS) is 20.4. The van der Waals surface area contributed by atoms with Gasteiger partial charge in [-0.2, -0.15) is 0 Å². The monoisotopic (exact) mass is 319 g/mol. The van der Waals surface area contributed by atoms with Gasteiger partial charge in [0.2, 0.25) is 0 Å². The van der Waals surface area contributed by atoms with E-state index in [1.54, 1.807) is 18.2 Å². The van der Waals surface area contributed by atoms with Crippen LogP contribution in [0.25, 0.3) is 0 Å². The second kappa shape index (κ2) is 6.75. The number of nitrogens with one attached hydrogen (secondary N) is 1. The lowest BCUT2D eigenvalue weighted by Crippen LogP contribution is -2.33. The summed E-state index contributed by atoms with van der Waals surface area (Å²) < 4.78 is 41.8. The SMILES string of the molecule is C[C@H]([C@H](c1cccc(F)c1)c1cccc(F)c1F)[C@H]1CCCN1. The number of halogens is 3. The molecule has 3 rings (SSSR count). The molecule has 23 heavy (non-hydrogen) atoms. The fourth-order valence-electron chi connectivity index (χ4n) is 3.62. The summed E-state index contributed by atoms with van der Waals surface area (Å²) in [5, 5.41) is 3.42. The quantitative estimate of drug-likeness (QED) is 0.867. The summed E-state index contributed by atoms with van der Waals surface area (Å²) in [6.07, 6.45) is 2.06. The largest absolute Gasteiger partial charge is 0.314 e. The lowest BCUT2D eigenvalue weighted by Gasteiger charge is -2.30. The molecule has 0 aliphatic carbocycles. The van der Waals surface area contributed by atoms with E-state index in [1.807, 2.05) is 6.92 Å². The van der Waals surface area contributed by atoms with Crippen molar-refractivity contribution < 1.29 is 13.2 Å². The highest BCUT2D eigenvalue weighted by molar-refractivity contribution is 5.35. The van der Waals surface area contributed by atoms with E-state index < -0.39 is 17.6 Å². The Morgan fingerprint density at radius 1 is 1.09 bits per heavy atom. The minimum atomic E-state index is -0.865. The molecule has 3 atom stereocenters. The van der Waals surface area contributed by atoms with Crippen LogP contribution in [0.2, 0.25) is 0 Å². The van der Waals surface area contributed by atoms with E-state index in [4.69, 9.17) is 0 Å². The molecular formula is C19H20F3N. The van der Waals surface area contributed by atoms with Gasteiger partial charge in [-0.15, -0.1) is 0 Å². The molecule has 1 aliphatic heterocycles. The molecule has 1 heterocycles. The number of hydrogen-bond donors (Lipinski definition) is 1. The van der Waals surface area contributed by atoms with E-state index in [0.717, 1.165) is 25.5 Å². The van der Waals surface area contributed by atoms with Crippen molar-refractivity contribution in [3.63, 3.8) is 0 Å². The molecule has 1 N–H and O–H groups in total. The zero-order valence-electron chi connectivity index (χ0n) is 13.0. The fraction of sp³-hybridized carbons (Fsp3) is 0.368. The fourth-order valence-corrected chi connectivity index (χ4v) is 3.62. The minimum absolute atomic E-state index is 0.0237. The Labute approximate surface area is 134 Å². The van der Waals surface area contributed by atoms with Gasteiger partial charge in [-0.05, 0) is 54.6 Å². The van der Waals surface area contributed by atoms with Crippen LogP contribution in [0, 0.1) is 23.4 Å². The van der Waals surface area contributed by atoms with Crippen molar-refractivity contribution in [3.05, 3.63) is 71.0 Å². The highest BCUT2D eigenvalue weighted by atomic mass is 19.2. The summed E-state index contributed by atoms with van der Waals surface area (Å²) in [6.45, 7) is 2.94. The molecule has 0 amide bonds. The highest BCUT2D eigenvalue weighted by Gasteiger charge is 2.32. The van der Waals surface area contributed by atoms with Gasteiger partial charge in [0, 0.05) is 12.0 Å². The molecule has 0 spiro atoms. The second-order valence-corrected chi connectivity index (χ2v) is 6.24. The molecule has 4 heteroatoms. The topological polar surface area (TPSA) is 12.0 Å². The molecule has 1 nitrogen and oxygen atoms in total. The van der Waals surface area contributed by atoms with Crippen LogP contribution in [0.15, 0.2) is 42.5 Å². The van der Waals surface area contributed by atoms with Gasteiger partial charge in [0.25, 0.3) is 0 Å². The smallest absolute Gasteiger partial charge is 0.162 e. The summed E-state index contributed by atoms with van der Waals surface area (Å²) in [6, 6.07) is 10.6. The maximum absolute atomic E-state index is 14.4. The molecule has 0 aromatic heterocycles. The van der Waals surface area contributed by atoms with E-state index in [-0.39, 0.29) is 23.3 Å². The summed E-state index contributed by atoms with van der Waals surface area (Å²) in [5.41, 5.74) is 0.965. The van der Waals surface area contributed by atoms with Crippen LogP contribution in [0.5, 0.6) is 0 Å². The van der Waals surface area contributed by atoms with E-state index in [9.17, 15) is 13.2 Å². The molecule has 1 aliphatic rings. The van der Waals surface area contributed by atoms with Gasteiger partial charge in [-0.25, -0.2) is 13.2 Å². The first kappa shape index (κ1) is 16.1. The predicted molar refractivity (Wildman–Crippen MR) is 84.8 cm³/mol. The first-order valence-electron chi connectivity index (χ1n) is 8.00. The molecule has 1 fully saturated rings. The van der Waals surface area contributed by atoms with E-state index in [0.29, 0.717) is 5.56 Å². The average molecular weight is 319 g/mol. The predicted octanol–water partition coefficient (Wildman–Crippen LogP) is 4.62. The van der Waals surface area contributed by atoms with Crippen LogP contribution in [0.3, 0.4) is 0 Å². The van der Waals surface area contributed by atoms with Crippen LogP contribution in [-0.4, -0.2) is 12.6 Å². The van der Waals surface area contributed by atoms with Crippen LogP contribution >= 0.6 is 0 Å². The maximum atomic E-state index is 14.4. The standard InChI is InChI=1S/C19H20F3N/c1-12(17-9-4-10-23-17)18(13-5-2-6-14(20)11-13)15-7-3-8-16(21)19(15)22/h2-3,5-8,11-12,17-18,23H,4,9-10H2,1H3/t12-,17+,18+/m0/s1. The van der Waals surface area contributed by atoms with Gasteiger partial charge in [-0.3, -0.25) is 0 Å². The zero-order chi connectivity index (χ0) is 16.4. The molecular weight excluding hydrogens is 299 g/mol. The zero-order valence-corrected chi connectivity index (χ0v) is 13.0. The first-order valence-corrected chi connectivity index (χ1v) is 8.00. The summed E-state index contributed by atoms with van der Waals surface area (Å²) in [4.78, 5) is 0. The molecule has 2 aromatic carbocycles. The van der Waals surface area contributed by atoms with E-state index in [2.05, 4.69) is 5.32 Å². The van der Waals surface area contributed by atoms with Crippen molar-refractivity contribution >= 4 is 0 Å². The minimum Gasteiger partial charge on any atom is -0.314 e. The van der Waals surface area contributed by atoms with Gasteiger partial charge in [-0.1, -0.05) is 31.2 Å². The third kappa shape index (κ3) is 3.27. The Bertz CT molecular complexity index is 680. The molecule has 0 bridgehead atoms. The lowest BCUT2D eigenvalue weighted by molar-refractivity contribution is 0.370. The van der Waals surface area contributed by atoms with Crippen LogP contribution in [-0.2, 0) is 0 Å². The van der Waals surface area contributed by atoms with Crippen LogP contribution < -0.4 is 5.32 Å². The Morgan fingerprint density at radius 3 is 2.57 bits per heavy atom. The van der Waals surface area contributed by atoms with E-state index in [1.165, 1.54) is 18.2 Å². The van der Waals surface area contributed by atoms with Crippen LogP contribution in [0.1, 0.15) is 36.8 Å². The molecule has 0 radical (unpaired) electrons. The molecule has 2 aromatic rings. The Kier molecular flexibility index (Phi) is 4.71. The van der Waals surface area contributed by atoms with Crippen molar-refractivity contribution in [1.29, 1.82) is 0 Å². The summed E-state index contributed by atoms with van der Waals surface area (Å²) in [5.74, 6) is -2.44. The van der Waals surface area contributed by atoms with Gasteiger partial charge in [0.1, 0.15) is 5.82 Å². The summed E-state index contributed by atoms with van der Waals surface area (Å²) >= 11 is 0. The van der Waals surface area contributed by atoms with Crippen LogP contribution in [0.4, 0.5) is 13.2 Å². The Balaban J connectivity index is 2.07.